The van der Waals surface area contributed by atoms with Crippen LogP contribution in [0.2, 0.25) is 0 Å². The molecule has 0 aromatic heterocycles. The molecule has 0 N–H and O–H groups in total. The lowest BCUT2D eigenvalue weighted by Crippen LogP contribution is -2.18. The molecular weight excluding hydrogens is 402 g/mol. The highest BCUT2D eigenvalue weighted by atomic mass is 79.9. The zero-order valence-electron chi connectivity index (χ0n) is 14.5. The van der Waals surface area contributed by atoms with Crippen molar-refractivity contribution in [1.82, 2.24) is 0 Å². The van der Waals surface area contributed by atoms with E-state index in [4.69, 9.17) is 24.2 Å². The van der Waals surface area contributed by atoms with Crippen LogP contribution in [0.5, 0.6) is 23.0 Å². The number of halogens is 1. The smallest absolute Gasteiger partial charge is 0.349 e. The molecule has 2 rings (SSSR count). The van der Waals surface area contributed by atoms with Gasteiger partial charge in [-0.25, -0.2) is 4.79 Å². The second-order valence-electron chi connectivity index (χ2n) is 5.00. The minimum Gasteiger partial charge on any atom is -0.494 e. The van der Waals surface area contributed by atoms with Gasteiger partial charge in [0.15, 0.2) is 18.1 Å². The van der Waals surface area contributed by atoms with Gasteiger partial charge in [0.05, 0.1) is 29.3 Å². The molecule has 0 atom stereocenters. The SMILES string of the molecule is CCOc1ccc(OCC(=O)Oc2c(Br)cc(C#N)cc2OCC)cc1. The molecule has 0 aliphatic rings. The number of rotatable bonds is 8. The third-order valence-electron chi connectivity index (χ3n) is 3.15. The summed E-state index contributed by atoms with van der Waals surface area (Å²) in [6.07, 6.45) is 0. The number of hydrogen-bond donors (Lipinski definition) is 0. The standard InChI is InChI=1S/C19H18BrNO5/c1-3-23-14-5-7-15(8-6-14)25-12-18(22)26-19-16(20)9-13(11-21)10-17(19)24-4-2/h5-10H,3-4,12H2,1-2H3. The molecule has 26 heavy (non-hydrogen) atoms. The molecular formula is C19H18BrNO5. The van der Waals surface area contributed by atoms with Gasteiger partial charge < -0.3 is 18.9 Å². The maximum atomic E-state index is 12.1. The molecule has 2 aromatic carbocycles. The van der Waals surface area contributed by atoms with E-state index in [0.29, 0.717) is 34.7 Å². The van der Waals surface area contributed by atoms with Crippen LogP contribution >= 0.6 is 15.9 Å². The zero-order chi connectivity index (χ0) is 18.9. The van der Waals surface area contributed by atoms with Gasteiger partial charge in [0, 0.05) is 6.07 Å². The van der Waals surface area contributed by atoms with E-state index in [-0.39, 0.29) is 12.4 Å². The third-order valence-corrected chi connectivity index (χ3v) is 3.73. The second kappa shape index (κ2) is 9.68. The van der Waals surface area contributed by atoms with Crippen LogP contribution in [-0.4, -0.2) is 25.8 Å². The summed E-state index contributed by atoms with van der Waals surface area (Å²) >= 11 is 3.29. The molecule has 0 aliphatic carbocycles. The molecule has 0 amide bonds. The van der Waals surface area contributed by atoms with Crippen LogP contribution in [0.1, 0.15) is 19.4 Å². The summed E-state index contributed by atoms with van der Waals surface area (Å²) in [6.45, 7) is 4.38. The maximum absolute atomic E-state index is 12.1. The molecule has 0 bridgehead atoms. The molecule has 0 heterocycles. The van der Waals surface area contributed by atoms with E-state index in [9.17, 15) is 4.79 Å². The lowest BCUT2D eigenvalue weighted by Gasteiger charge is -2.13. The van der Waals surface area contributed by atoms with Gasteiger partial charge in [-0.3, -0.25) is 0 Å². The van der Waals surface area contributed by atoms with Crippen molar-refractivity contribution in [3.05, 3.63) is 46.4 Å². The van der Waals surface area contributed by atoms with Crippen molar-refractivity contribution in [2.75, 3.05) is 19.8 Å². The normalized spacial score (nSPS) is 9.92. The summed E-state index contributed by atoms with van der Waals surface area (Å²) in [4.78, 5) is 12.1. The first-order valence-electron chi connectivity index (χ1n) is 8.00. The third kappa shape index (κ3) is 5.39. The zero-order valence-corrected chi connectivity index (χ0v) is 16.0. The number of esters is 1. The monoisotopic (exact) mass is 419 g/mol. The summed E-state index contributed by atoms with van der Waals surface area (Å²) in [7, 11) is 0. The predicted octanol–water partition coefficient (Wildman–Crippen LogP) is 4.10. The van der Waals surface area contributed by atoms with Gasteiger partial charge in [-0.05, 0) is 60.1 Å². The fourth-order valence-corrected chi connectivity index (χ4v) is 2.60. The van der Waals surface area contributed by atoms with E-state index in [1.807, 2.05) is 13.0 Å². The van der Waals surface area contributed by atoms with Crippen molar-refractivity contribution in [2.45, 2.75) is 13.8 Å². The van der Waals surface area contributed by atoms with Crippen molar-refractivity contribution in [3.63, 3.8) is 0 Å². The number of nitrogens with zero attached hydrogens (tertiary/aromatic N) is 1. The summed E-state index contributed by atoms with van der Waals surface area (Å²) in [6, 6.07) is 12.0. The van der Waals surface area contributed by atoms with Crippen LogP contribution in [0, 0.1) is 11.3 Å². The minimum absolute atomic E-state index is 0.214. The van der Waals surface area contributed by atoms with Crippen molar-refractivity contribution in [3.8, 4) is 29.1 Å². The number of carbonyl (C=O) groups excluding carboxylic acids is 1. The van der Waals surface area contributed by atoms with Gasteiger partial charge in [0.25, 0.3) is 0 Å². The van der Waals surface area contributed by atoms with E-state index in [1.165, 1.54) is 6.07 Å². The molecule has 0 fully saturated rings. The Kier molecular flexibility index (Phi) is 7.30. The van der Waals surface area contributed by atoms with Gasteiger partial charge >= 0.3 is 5.97 Å². The van der Waals surface area contributed by atoms with E-state index < -0.39 is 5.97 Å². The largest absolute Gasteiger partial charge is 0.494 e. The Labute approximate surface area is 160 Å². The van der Waals surface area contributed by atoms with Gasteiger partial charge in [0.1, 0.15) is 11.5 Å². The molecule has 6 nitrogen and oxygen atoms in total. The molecule has 0 aliphatic heterocycles. The Morgan fingerprint density at radius 1 is 1.04 bits per heavy atom. The van der Waals surface area contributed by atoms with Crippen LogP contribution in [0.4, 0.5) is 0 Å². The van der Waals surface area contributed by atoms with Crippen LogP contribution in [-0.2, 0) is 4.79 Å². The van der Waals surface area contributed by atoms with Crippen LogP contribution in [0.25, 0.3) is 0 Å². The van der Waals surface area contributed by atoms with E-state index in [2.05, 4.69) is 15.9 Å². The van der Waals surface area contributed by atoms with Gasteiger partial charge in [-0.2, -0.15) is 5.26 Å². The highest BCUT2D eigenvalue weighted by molar-refractivity contribution is 9.10. The number of carbonyl (C=O) groups is 1. The first-order valence-corrected chi connectivity index (χ1v) is 8.79. The first kappa shape index (κ1) is 19.6. The Balaban J connectivity index is 2.02. The molecule has 0 saturated carbocycles. The molecule has 0 radical (unpaired) electrons. The highest BCUT2D eigenvalue weighted by Gasteiger charge is 2.16. The summed E-state index contributed by atoms with van der Waals surface area (Å²) in [5.41, 5.74) is 0.394. The maximum Gasteiger partial charge on any atom is 0.349 e. The van der Waals surface area contributed by atoms with Gasteiger partial charge in [-0.1, -0.05) is 0 Å². The Bertz CT molecular complexity index is 799. The van der Waals surface area contributed by atoms with E-state index >= 15 is 0 Å². The van der Waals surface area contributed by atoms with Crippen molar-refractivity contribution >= 4 is 21.9 Å². The van der Waals surface area contributed by atoms with Crippen molar-refractivity contribution in [2.24, 2.45) is 0 Å². The minimum atomic E-state index is -0.592. The predicted molar refractivity (Wildman–Crippen MR) is 98.8 cm³/mol. The summed E-state index contributed by atoms with van der Waals surface area (Å²) in [5.74, 6) is 1.18. The summed E-state index contributed by atoms with van der Waals surface area (Å²) < 4.78 is 22.0. The molecule has 0 spiro atoms. The Morgan fingerprint density at radius 2 is 1.65 bits per heavy atom. The lowest BCUT2D eigenvalue weighted by molar-refractivity contribution is -0.136. The highest BCUT2D eigenvalue weighted by Crippen LogP contribution is 2.37. The topological polar surface area (TPSA) is 77.8 Å². The van der Waals surface area contributed by atoms with Crippen molar-refractivity contribution < 1.29 is 23.7 Å². The molecule has 0 saturated heterocycles. The number of ether oxygens (including phenoxy) is 4. The van der Waals surface area contributed by atoms with E-state index in [1.54, 1.807) is 37.3 Å². The lowest BCUT2D eigenvalue weighted by atomic mass is 10.2. The summed E-state index contributed by atoms with van der Waals surface area (Å²) in [5, 5.41) is 9.03. The van der Waals surface area contributed by atoms with Gasteiger partial charge in [0.2, 0.25) is 0 Å². The fraction of sp³-hybridized carbons (Fsp3) is 0.263. The van der Waals surface area contributed by atoms with Crippen LogP contribution < -0.4 is 18.9 Å². The molecule has 136 valence electrons. The average Bonchev–Trinajstić information content (AvgIpc) is 2.64. The molecule has 0 unspecified atom stereocenters. The van der Waals surface area contributed by atoms with E-state index in [0.717, 1.165) is 5.75 Å². The van der Waals surface area contributed by atoms with Crippen LogP contribution in [0.3, 0.4) is 0 Å². The quantitative estimate of drug-likeness (QED) is 0.473. The van der Waals surface area contributed by atoms with Gasteiger partial charge in [-0.15, -0.1) is 0 Å². The molecule has 7 heteroatoms. The number of benzene rings is 2. The first-order chi connectivity index (χ1) is 12.6. The average molecular weight is 420 g/mol. The Hall–Kier alpha value is -2.72. The number of nitriles is 1. The van der Waals surface area contributed by atoms with Crippen LogP contribution in [0.15, 0.2) is 40.9 Å². The fourth-order valence-electron chi connectivity index (χ4n) is 2.08. The van der Waals surface area contributed by atoms with Crippen molar-refractivity contribution in [1.29, 1.82) is 5.26 Å². The molecule has 2 aromatic rings. The Morgan fingerprint density at radius 3 is 2.23 bits per heavy atom. The second-order valence-corrected chi connectivity index (χ2v) is 5.85. The number of hydrogen-bond acceptors (Lipinski definition) is 6.